The molecule has 3 heterocycles. The van der Waals surface area contributed by atoms with Gasteiger partial charge in [0, 0.05) is 37.3 Å². The maximum absolute atomic E-state index is 13.6. The first-order valence-corrected chi connectivity index (χ1v) is 11.8. The van der Waals surface area contributed by atoms with Crippen molar-refractivity contribution in [2.75, 3.05) is 19.7 Å². The van der Waals surface area contributed by atoms with E-state index in [4.69, 9.17) is 0 Å². The molecule has 168 valence electrons. The molecule has 1 aromatic carbocycles. The topological polar surface area (TPSA) is 73.7 Å². The van der Waals surface area contributed by atoms with Gasteiger partial charge in [-0.25, -0.2) is 0 Å². The number of likely N-dealkylation sites (tertiary alicyclic amines) is 2. The van der Waals surface area contributed by atoms with Gasteiger partial charge in [0.2, 0.25) is 11.8 Å². The van der Waals surface area contributed by atoms with E-state index in [1.807, 2.05) is 40.1 Å². The number of aromatic nitrogens is 1. The lowest BCUT2D eigenvalue weighted by Crippen LogP contribution is -2.86. The molecule has 1 N–H and O–H groups in total. The number of pyridine rings is 1. The van der Waals surface area contributed by atoms with Crippen LogP contribution >= 0.6 is 0 Å². The maximum atomic E-state index is 13.6. The van der Waals surface area contributed by atoms with Gasteiger partial charge in [0.1, 0.15) is 0 Å². The highest BCUT2D eigenvalue weighted by Gasteiger charge is 2.68. The molecular formula is C26H31N3O3. The van der Waals surface area contributed by atoms with E-state index in [9.17, 15) is 14.7 Å². The highest BCUT2D eigenvalue weighted by molar-refractivity contribution is 5.85. The Hall–Kier alpha value is -2.73. The molecule has 1 aromatic heterocycles. The first-order valence-electron chi connectivity index (χ1n) is 11.8. The van der Waals surface area contributed by atoms with Gasteiger partial charge < -0.3 is 14.9 Å². The summed E-state index contributed by atoms with van der Waals surface area (Å²) in [5, 5.41) is 10.3. The third kappa shape index (κ3) is 3.51. The van der Waals surface area contributed by atoms with Crippen molar-refractivity contribution in [1.82, 2.24) is 14.8 Å². The summed E-state index contributed by atoms with van der Waals surface area (Å²) in [6, 6.07) is 13.7. The highest BCUT2D eigenvalue weighted by atomic mass is 16.3. The van der Waals surface area contributed by atoms with Crippen molar-refractivity contribution in [2.24, 2.45) is 5.92 Å². The van der Waals surface area contributed by atoms with Crippen LogP contribution in [0.15, 0.2) is 54.9 Å². The van der Waals surface area contributed by atoms with Crippen molar-refractivity contribution in [3.63, 3.8) is 0 Å². The minimum absolute atomic E-state index is 0.0451. The SMILES string of the molecule is O=C(Cc1cccnc1)N1CC2(C1)[C@H](c1ccccc1)[C@H](CO)N2C(=O)C1CCCCC1. The predicted octanol–water partition coefficient (Wildman–Crippen LogP) is 2.77. The molecule has 0 unspecified atom stereocenters. The van der Waals surface area contributed by atoms with E-state index in [1.54, 1.807) is 12.4 Å². The third-order valence-electron chi connectivity index (χ3n) is 7.67. The van der Waals surface area contributed by atoms with Crippen LogP contribution in [0, 0.1) is 5.92 Å². The average molecular weight is 434 g/mol. The number of benzene rings is 1. The Morgan fingerprint density at radius 3 is 2.44 bits per heavy atom. The Labute approximate surface area is 189 Å². The van der Waals surface area contributed by atoms with Gasteiger partial charge in [-0.3, -0.25) is 14.6 Å². The fourth-order valence-corrected chi connectivity index (χ4v) is 6.14. The number of nitrogens with zero attached hydrogens (tertiary/aromatic N) is 3. The van der Waals surface area contributed by atoms with Crippen molar-refractivity contribution >= 4 is 11.8 Å². The molecule has 6 heteroatoms. The molecule has 2 atom stereocenters. The van der Waals surface area contributed by atoms with Crippen LogP contribution in [0.1, 0.15) is 49.1 Å². The molecule has 2 aliphatic heterocycles. The zero-order valence-electron chi connectivity index (χ0n) is 18.4. The number of hydrogen-bond acceptors (Lipinski definition) is 4. The van der Waals surface area contributed by atoms with Crippen LogP contribution in [0.5, 0.6) is 0 Å². The molecule has 3 aliphatic rings. The Kier molecular flexibility index (Phi) is 5.72. The summed E-state index contributed by atoms with van der Waals surface area (Å²) in [4.78, 5) is 34.5. The van der Waals surface area contributed by atoms with Crippen molar-refractivity contribution in [3.8, 4) is 0 Å². The fourth-order valence-electron chi connectivity index (χ4n) is 6.14. The molecule has 5 rings (SSSR count). The van der Waals surface area contributed by atoms with Gasteiger partial charge in [0.15, 0.2) is 0 Å². The monoisotopic (exact) mass is 433 g/mol. The van der Waals surface area contributed by atoms with Crippen molar-refractivity contribution < 1.29 is 14.7 Å². The number of rotatable bonds is 5. The standard InChI is InChI=1S/C26H31N3O3/c30-16-22-24(20-9-3-1-4-10-20)26(29(22)25(32)21-11-5-2-6-12-21)17-28(18-26)23(31)14-19-8-7-13-27-15-19/h1,3-4,7-10,13,15,21-22,24,30H,2,5-6,11-12,14,16-18H2/t22-,24+/m0/s1. The summed E-state index contributed by atoms with van der Waals surface area (Å²) in [7, 11) is 0. The zero-order valence-corrected chi connectivity index (χ0v) is 18.4. The fraction of sp³-hybridized carbons (Fsp3) is 0.500. The number of aliphatic hydroxyl groups is 1. The summed E-state index contributed by atoms with van der Waals surface area (Å²) in [6.07, 6.45) is 9.01. The highest BCUT2D eigenvalue weighted by Crippen LogP contribution is 2.54. The molecule has 1 aliphatic carbocycles. The molecule has 6 nitrogen and oxygen atoms in total. The van der Waals surface area contributed by atoms with Crippen LogP contribution in [0.4, 0.5) is 0 Å². The van der Waals surface area contributed by atoms with E-state index in [2.05, 4.69) is 17.1 Å². The minimum atomic E-state index is -0.409. The quantitative estimate of drug-likeness (QED) is 0.787. The van der Waals surface area contributed by atoms with Crippen LogP contribution in [-0.2, 0) is 16.0 Å². The summed E-state index contributed by atoms with van der Waals surface area (Å²) in [5.41, 5.74) is 1.63. The van der Waals surface area contributed by atoms with Gasteiger partial charge in [0.05, 0.1) is 24.6 Å². The van der Waals surface area contributed by atoms with Gasteiger partial charge in [-0.15, -0.1) is 0 Å². The van der Waals surface area contributed by atoms with Crippen molar-refractivity contribution in [3.05, 3.63) is 66.0 Å². The van der Waals surface area contributed by atoms with E-state index in [0.29, 0.717) is 19.5 Å². The van der Waals surface area contributed by atoms with Crippen molar-refractivity contribution in [2.45, 2.75) is 56.0 Å². The number of aliphatic hydroxyl groups excluding tert-OH is 1. The summed E-state index contributed by atoms with van der Waals surface area (Å²) < 4.78 is 0. The van der Waals surface area contributed by atoms with Gasteiger partial charge in [0.25, 0.3) is 0 Å². The van der Waals surface area contributed by atoms with Crippen molar-refractivity contribution in [1.29, 1.82) is 0 Å². The smallest absolute Gasteiger partial charge is 0.227 e. The Morgan fingerprint density at radius 2 is 1.78 bits per heavy atom. The second kappa shape index (κ2) is 8.66. The van der Waals surface area contributed by atoms with Crippen LogP contribution in [-0.4, -0.2) is 63.0 Å². The molecule has 0 radical (unpaired) electrons. The first kappa shape index (κ1) is 21.1. The van der Waals surface area contributed by atoms with Crippen LogP contribution in [0.2, 0.25) is 0 Å². The lowest BCUT2D eigenvalue weighted by Gasteiger charge is -2.71. The van der Waals surface area contributed by atoms with Gasteiger partial charge in [-0.2, -0.15) is 0 Å². The molecule has 2 aromatic rings. The van der Waals surface area contributed by atoms with Gasteiger partial charge in [-0.05, 0) is 30.0 Å². The third-order valence-corrected chi connectivity index (χ3v) is 7.67. The van der Waals surface area contributed by atoms with Gasteiger partial charge >= 0.3 is 0 Å². The second-order valence-corrected chi connectivity index (χ2v) is 9.57. The normalized spacial score (nSPS) is 24.7. The van der Waals surface area contributed by atoms with E-state index in [0.717, 1.165) is 36.8 Å². The predicted molar refractivity (Wildman–Crippen MR) is 121 cm³/mol. The molecule has 32 heavy (non-hydrogen) atoms. The minimum Gasteiger partial charge on any atom is -0.394 e. The molecule has 0 bridgehead atoms. The van der Waals surface area contributed by atoms with E-state index >= 15 is 0 Å². The number of carbonyl (C=O) groups excluding carboxylic acids is 2. The summed E-state index contributed by atoms with van der Waals surface area (Å²) >= 11 is 0. The van der Waals surface area contributed by atoms with E-state index < -0.39 is 5.54 Å². The summed E-state index contributed by atoms with van der Waals surface area (Å²) in [5.74, 6) is 0.332. The van der Waals surface area contributed by atoms with E-state index in [-0.39, 0.29) is 36.3 Å². The largest absolute Gasteiger partial charge is 0.394 e. The number of carbonyl (C=O) groups is 2. The lowest BCUT2D eigenvalue weighted by molar-refractivity contribution is -0.206. The summed E-state index contributed by atoms with van der Waals surface area (Å²) in [6.45, 7) is 1.00. The second-order valence-electron chi connectivity index (χ2n) is 9.57. The lowest BCUT2D eigenvalue weighted by atomic mass is 9.60. The molecule has 1 spiro atoms. The molecule has 2 amide bonds. The molecular weight excluding hydrogens is 402 g/mol. The van der Waals surface area contributed by atoms with E-state index in [1.165, 1.54) is 6.42 Å². The number of hydrogen-bond donors (Lipinski definition) is 1. The maximum Gasteiger partial charge on any atom is 0.227 e. The Bertz CT molecular complexity index is 953. The zero-order chi connectivity index (χ0) is 22.1. The Morgan fingerprint density at radius 1 is 1.03 bits per heavy atom. The van der Waals surface area contributed by atoms with Crippen LogP contribution in [0.25, 0.3) is 0 Å². The molecule has 1 saturated carbocycles. The van der Waals surface area contributed by atoms with Crippen LogP contribution in [0.3, 0.4) is 0 Å². The molecule has 2 saturated heterocycles. The first-order chi connectivity index (χ1) is 15.6. The van der Waals surface area contributed by atoms with Crippen LogP contribution < -0.4 is 0 Å². The number of amides is 2. The Balaban J connectivity index is 1.38. The van der Waals surface area contributed by atoms with Gasteiger partial charge in [-0.1, -0.05) is 55.7 Å². The molecule has 3 fully saturated rings. The average Bonchev–Trinajstić information content (AvgIpc) is 2.79.